The Bertz CT molecular complexity index is 1010. The van der Waals surface area contributed by atoms with Gasteiger partial charge in [0.15, 0.2) is 5.58 Å². The summed E-state index contributed by atoms with van der Waals surface area (Å²) in [6.45, 7) is 2.06. The average molecular weight is 383 g/mol. The number of hydrogen-bond donors (Lipinski definition) is 2. The average Bonchev–Trinajstić information content (AvgIpc) is 3.12. The van der Waals surface area contributed by atoms with Crippen LogP contribution in [0.4, 0.5) is 20.9 Å². The number of aromatic nitrogens is 1. The van der Waals surface area contributed by atoms with Crippen molar-refractivity contribution in [1.29, 1.82) is 0 Å². The largest absolute Gasteiger partial charge is 0.423 e. The minimum atomic E-state index is -0.856. The number of carbonyl (C=O) groups excluding carboxylic acids is 2. The molecule has 0 radical (unpaired) electrons. The van der Waals surface area contributed by atoms with Crippen LogP contribution in [0.15, 0.2) is 46.9 Å². The molecule has 28 heavy (non-hydrogen) atoms. The molecule has 0 atom stereocenters. The van der Waals surface area contributed by atoms with Crippen LogP contribution in [0.25, 0.3) is 11.1 Å². The van der Waals surface area contributed by atoms with Crippen molar-refractivity contribution >= 4 is 34.7 Å². The molecule has 0 aliphatic carbocycles. The van der Waals surface area contributed by atoms with Crippen molar-refractivity contribution in [2.45, 2.75) is 0 Å². The number of piperazine rings is 1. The smallest absolute Gasteiger partial charge is 0.321 e. The summed E-state index contributed by atoms with van der Waals surface area (Å²) in [6.07, 6.45) is 0. The number of nitrogens with one attached hydrogen (secondary N) is 1. The van der Waals surface area contributed by atoms with Crippen molar-refractivity contribution in [1.82, 2.24) is 9.88 Å². The van der Waals surface area contributed by atoms with Gasteiger partial charge in [-0.3, -0.25) is 4.79 Å². The maximum atomic E-state index is 13.8. The molecule has 2 aromatic carbocycles. The van der Waals surface area contributed by atoms with Crippen LogP contribution in [-0.4, -0.2) is 48.0 Å². The van der Waals surface area contributed by atoms with Gasteiger partial charge in [0.25, 0.3) is 11.9 Å². The highest BCUT2D eigenvalue weighted by atomic mass is 19.1. The quantitative estimate of drug-likeness (QED) is 0.723. The Hall–Kier alpha value is -3.62. The van der Waals surface area contributed by atoms with Crippen LogP contribution in [0, 0.1) is 5.82 Å². The summed E-state index contributed by atoms with van der Waals surface area (Å²) in [5.41, 5.74) is 6.63. The van der Waals surface area contributed by atoms with Gasteiger partial charge in [-0.1, -0.05) is 12.1 Å². The lowest BCUT2D eigenvalue weighted by Gasteiger charge is -2.33. The van der Waals surface area contributed by atoms with E-state index in [1.165, 1.54) is 12.1 Å². The molecule has 1 fully saturated rings. The van der Waals surface area contributed by atoms with Crippen LogP contribution in [0.1, 0.15) is 10.4 Å². The molecule has 3 N–H and O–H groups in total. The molecule has 1 aliphatic heterocycles. The second-order valence-electron chi connectivity index (χ2n) is 6.43. The highest BCUT2D eigenvalue weighted by molar-refractivity contribution is 5.94. The van der Waals surface area contributed by atoms with E-state index in [1.807, 2.05) is 29.2 Å². The Morgan fingerprint density at radius 1 is 1.11 bits per heavy atom. The van der Waals surface area contributed by atoms with Gasteiger partial charge in [-0.05, 0) is 30.3 Å². The number of anilines is 2. The van der Waals surface area contributed by atoms with Gasteiger partial charge >= 0.3 is 6.03 Å². The zero-order valence-corrected chi connectivity index (χ0v) is 14.9. The van der Waals surface area contributed by atoms with Crippen molar-refractivity contribution in [3.8, 4) is 0 Å². The summed E-state index contributed by atoms with van der Waals surface area (Å²) < 4.78 is 19.6. The van der Waals surface area contributed by atoms with Crippen LogP contribution >= 0.6 is 0 Å². The Morgan fingerprint density at radius 2 is 1.86 bits per heavy atom. The number of oxazole rings is 1. The standard InChI is InChI=1S/C19H18FN5O3/c20-14-11-12(5-6-13(14)17(21)26)22-18(27)24-7-9-25(10-8-24)19-23-15-3-1-2-4-16(15)28-19/h1-6,11H,7-10H2,(H2,21,26)(H,22,27). The number of amides is 3. The van der Waals surface area contributed by atoms with E-state index in [4.69, 9.17) is 10.2 Å². The first-order chi connectivity index (χ1) is 13.5. The van der Waals surface area contributed by atoms with Crippen molar-refractivity contribution < 1.29 is 18.4 Å². The fraction of sp³-hybridized carbons (Fsp3) is 0.211. The van der Waals surface area contributed by atoms with E-state index in [-0.39, 0.29) is 17.3 Å². The number of para-hydroxylation sites is 2. The Balaban J connectivity index is 1.37. The molecule has 144 valence electrons. The van der Waals surface area contributed by atoms with Crippen LogP contribution in [0.5, 0.6) is 0 Å². The third-order valence-corrected chi connectivity index (χ3v) is 4.61. The predicted molar refractivity (Wildman–Crippen MR) is 102 cm³/mol. The molecule has 0 unspecified atom stereocenters. The molecule has 3 aromatic rings. The summed E-state index contributed by atoms with van der Waals surface area (Å²) in [5, 5.41) is 2.63. The van der Waals surface area contributed by atoms with Crippen LogP contribution in [0.2, 0.25) is 0 Å². The van der Waals surface area contributed by atoms with Gasteiger partial charge < -0.3 is 25.3 Å². The number of carbonyl (C=O) groups is 2. The lowest BCUT2D eigenvalue weighted by atomic mass is 10.2. The zero-order chi connectivity index (χ0) is 19.7. The van der Waals surface area contributed by atoms with E-state index < -0.39 is 11.7 Å². The Morgan fingerprint density at radius 3 is 2.54 bits per heavy atom. The number of rotatable bonds is 3. The first-order valence-corrected chi connectivity index (χ1v) is 8.77. The number of nitrogens with zero attached hydrogens (tertiary/aromatic N) is 3. The van der Waals surface area contributed by atoms with Crippen LogP contribution in [0.3, 0.4) is 0 Å². The van der Waals surface area contributed by atoms with Gasteiger partial charge in [-0.15, -0.1) is 0 Å². The zero-order valence-electron chi connectivity index (χ0n) is 14.9. The van der Waals surface area contributed by atoms with E-state index in [0.717, 1.165) is 17.2 Å². The first-order valence-electron chi connectivity index (χ1n) is 8.77. The number of benzene rings is 2. The number of primary amides is 1. The number of nitrogens with two attached hydrogens (primary N) is 1. The Labute approximate surface area is 159 Å². The highest BCUT2D eigenvalue weighted by Crippen LogP contribution is 2.23. The molecule has 8 nitrogen and oxygen atoms in total. The third-order valence-electron chi connectivity index (χ3n) is 4.61. The molecular weight excluding hydrogens is 365 g/mol. The summed E-state index contributed by atoms with van der Waals surface area (Å²) in [4.78, 5) is 31.6. The minimum Gasteiger partial charge on any atom is -0.423 e. The topological polar surface area (TPSA) is 105 Å². The number of hydrogen-bond acceptors (Lipinski definition) is 5. The monoisotopic (exact) mass is 383 g/mol. The fourth-order valence-electron chi connectivity index (χ4n) is 3.09. The van der Waals surface area contributed by atoms with Gasteiger partial charge in [-0.2, -0.15) is 4.98 Å². The van der Waals surface area contributed by atoms with Crippen molar-refractivity contribution in [2.75, 3.05) is 36.4 Å². The van der Waals surface area contributed by atoms with Gasteiger partial charge in [0.05, 0.1) is 5.56 Å². The number of urea groups is 1. The molecule has 4 rings (SSSR count). The normalized spacial score (nSPS) is 14.3. The Kier molecular flexibility index (Phi) is 4.56. The maximum Gasteiger partial charge on any atom is 0.321 e. The van der Waals surface area contributed by atoms with E-state index in [9.17, 15) is 14.0 Å². The summed E-state index contributed by atoms with van der Waals surface area (Å²) >= 11 is 0. The molecule has 1 aliphatic rings. The van der Waals surface area contributed by atoms with E-state index in [0.29, 0.717) is 32.2 Å². The van der Waals surface area contributed by atoms with Gasteiger partial charge in [0.2, 0.25) is 0 Å². The van der Waals surface area contributed by atoms with Crippen LogP contribution in [-0.2, 0) is 0 Å². The fourth-order valence-corrected chi connectivity index (χ4v) is 3.09. The first kappa shape index (κ1) is 17.8. The molecule has 1 aromatic heterocycles. The molecule has 0 saturated carbocycles. The maximum absolute atomic E-state index is 13.8. The lowest BCUT2D eigenvalue weighted by Crippen LogP contribution is -2.50. The van der Waals surface area contributed by atoms with Crippen molar-refractivity contribution in [2.24, 2.45) is 5.73 Å². The molecule has 3 amide bonds. The van der Waals surface area contributed by atoms with E-state index in [2.05, 4.69) is 10.3 Å². The minimum absolute atomic E-state index is 0.218. The summed E-state index contributed by atoms with van der Waals surface area (Å²) in [5.74, 6) is -1.63. The number of fused-ring (bicyclic) bond motifs is 1. The number of halogens is 1. The molecule has 1 saturated heterocycles. The molecule has 0 bridgehead atoms. The predicted octanol–water partition coefficient (Wildman–Crippen LogP) is 2.42. The molecule has 9 heteroatoms. The SMILES string of the molecule is NC(=O)c1ccc(NC(=O)N2CCN(c3nc4ccccc4o3)CC2)cc1F. The van der Waals surface area contributed by atoms with Gasteiger partial charge in [-0.25, -0.2) is 9.18 Å². The van der Waals surface area contributed by atoms with Crippen LogP contribution < -0.4 is 16.0 Å². The van der Waals surface area contributed by atoms with Gasteiger partial charge in [0.1, 0.15) is 11.3 Å². The summed E-state index contributed by atoms with van der Waals surface area (Å²) in [6, 6.07) is 11.5. The summed E-state index contributed by atoms with van der Waals surface area (Å²) in [7, 11) is 0. The third kappa shape index (κ3) is 3.46. The van der Waals surface area contributed by atoms with Crippen molar-refractivity contribution in [3.63, 3.8) is 0 Å². The second-order valence-corrected chi connectivity index (χ2v) is 6.43. The van der Waals surface area contributed by atoms with E-state index in [1.54, 1.807) is 4.90 Å². The van der Waals surface area contributed by atoms with Crippen molar-refractivity contribution in [3.05, 3.63) is 53.8 Å². The van der Waals surface area contributed by atoms with E-state index >= 15 is 0 Å². The molecular formula is C19H18FN5O3. The second kappa shape index (κ2) is 7.18. The van der Waals surface area contributed by atoms with Gasteiger partial charge in [0, 0.05) is 31.9 Å². The lowest BCUT2D eigenvalue weighted by molar-refractivity contribution is 0.0996. The molecule has 0 spiro atoms. The molecule has 2 heterocycles. The highest BCUT2D eigenvalue weighted by Gasteiger charge is 2.24.